The van der Waals surface area contributed by atoms with Crippen LogP contribution < -0.4 is 5.32 Å². The summed E-state index contributed by atoms with van der Waals surface area (Å²) in [5.74, 6) is -2.03. The predicted octanol–water partition coefficient (Wildman–Crippen LogP) is 2.74. The number of ether oxygens (including phenoxy) is 2. The number of alkyl halides is 2. The van der Waals surface area contributed by atoms with Crippen molar-refractivity contribution in [2.45, 2.75) is 62.5 Å². The topological polar surface area (TPSA) is 30.5 Å². The standard InChI is InChI=1S/C15H25F2NO2/c16-15(17)4-1-12(2-5-15)11-18-13-3-8-20-14(13)6-9-19-10-7-14/h12-13,18H,1-11H2. The van der Waals surface area contributed by atoms with Gasteiger partial charge in [0.05, 0.1) is 5.60 Å². The molecule has 1 N–H and O–H groups in total. The number of hydrogen-bond donors (Lipinski definition) is 1. The maximum absolute atomic E-state index is 13.2. The Hall–Kier alpha value is -0.260. The second kappa shape index (κ2) is 5.85. The van der Waals surface area contributed by atoms with Gasteiger partial charge in [0, 0.05) is 51.5 Å². The summed E-state index contributed by atoms with van der Waals surface area (Å²) in [6.07, 6.45) is 4.33. The zero-order valence-electron chi connectivity index (χ0n) is 12.0. The summed E-state index contributed by atoms with van der Waals surface area (Å²) < 4.78 is 37.7. The molecule has 0 aromatic heterocycles. The first-order chi connectivity index (χ1) is 9.60. The van der Waals surface area contributed by atoms with Crippen LogP contribution in [0.2, 0.25) is 0 Å². The van der Waals surface area contributed by atoms with Crippen LogP contribution in [-0.2, 0) is 9.47 Å². The molecule has 2 heterocycles. The number of hydrogen-bond acceptors (Lipinski definition) is 3. The maximum atomic E-state index is 13.2. The summed E-state index contributed by atoms with van der Waals surface area (Å²) in [6, 6.07) is 0.369. The van der Waals surface area contributed by atoms with E-state index in [1.165, 1.54) is 0 Å². The predicted molar refractivity (Wildman–Crippen MR) is 72.0 cm³/mol. The molecule has 3 aliphatic rings. The van der Waals surface area contributed by atoms with Crippen molar-refractivity contribution < 1.29 is 18.3 Å². The molecule has 3 nitrogen and oxygen atoms in total. The van der Waals surface area contributed by atoms with E-state index in [-0.39, 0.29) is 18.4 Å². The minimum absolute atomic E-state index is 0.0551. The highest BCUT2D eigenvalue weighted by Crippen LogP contribution is 2.38. The molecular weight excluding hydrogens is 264 g/mol. The molecule has 0 amide bonds. The maximum Gasteiger partial charge on any atom is 0.248 e. The van der Waals surface area contributed by atoms with Gasteiger partial charge >= 0.3 is 0 Å². The Morgan fingerprint density at radius 1 is 0.950 bits per heavy atom. The molecule has 2 saturated heterocycles. The summed E-state index contributed by atoms with van der Waals surface area (Å²) in [5, 5.41) is 3.61. The van der Waals surface area contributed by atoms with Crippen molar-refractivity contribution in [2.24, 2.45) is 5.92 Å². The Bertz CT molecular complexity index is 322. The van der Waals surface area contributed by atoms with Crippen molar-refractivity contribution in [3.05, 3.63) is 0 Å². The molecule has 1 spiro atoms. The van der Waals surface area contributed by atoms with Crippen LogP contribution in [0.5, 0.6) is 0 Å². The monoisotopic (exact) mass is 289 g/mol. The lowest BCUT2D eigenvalue weighted by atomic mass is 9.84. The molecule has 2 aliphatic heterocycles. The molecule has 5 heteroatoms. The van der Waals surface area contributed by atoms with E-state index in [4.69, 9.17) is 9.47 Å². The molecule has 0 aromatic carbocycles. The largest absolute Gasteiger partial charge is 0.381 e. The molecule has 1 unspecified atom stereocenters. The highest BCUT2D eigenvalue weighted by Gasteiger charge is 2.45. The smallest absolute Gasteiger partial charge is 0.248 e. The van der Waals surface area contributed by atoms with Crippen molar-refractivity contribution in [1.82, 2.24) is 5.32 Å². The van der Waals surface area contributed by atoms with Crippen LogP contribution in [-0.4, -0.2) is 43.9 Å². The van der Waals surface area contributed by atoms with Crippen molar-refractivity contribution in [3.8, 4) is 0 Å². The first-order valence-electron chi connectivity index (χ1n) is 7.93. The average molecular weight is 289 g/mol. The third-order valence-corrected chi connectivity index (χ3v) is 5.26. The first-order valence-corrected chi connectivity index (χ1v) is 7.93. The fraction of sp³-hybridized carbons (Fsp3) is 1.00. The van der Waals surface area contributed by atoms with Gasteiger partial charge in [-0.25, -0.2) is 8.78 Å². The van der Waals surface area contributed by atoms with Crippen LogP contribution in [0.3, 0.4) is 0 Å². The van der Waals surface area contributed by atoms with Crippen LogP contribution in [0.15, 0.2) is 0 Å². The van der Waals surface area contributed by atoms with Gasteiger partial charge in [-0.05, 0) is 31.7 Å². The van der Waals surface area contributed by atoms with Gasteiger partial charge < -0.3 is 14.8 Å². The Balaban J connectivity index is 1.48. The summed E-state index contributed by atoms with van der Waals surface area (Å²) in [4.78, 5) is 0. The van der Waals surface area contributed by atoms with Gasteiger partial charge in [-0.3, -0.25) is 0 Å². The van der Waals surface area contributed by atoms with E-state index in [2.05, 4.69) is 5.32 Å². The molecule has 0 radical (unpaired) electrons. The van der Waals surface area contributed by atoms with Crippen LogP contribution in [0, 0.1) is 5.92 Å². The van der Waals surface area contributed by atoms with Gasteiger partial charge in [0.1, 0.15) is 0 Å². The molecule has 116 valence electrons. The second-order valence-electron chi connectivity index (χ2n) is 6.57. The Morgan fingerprint density at radius 2 is 1.65 bits per heavy atom. The molecule has 3 rings (SSSR count). The minimum atomic E-state index is -2.42. The van der Waals surface area contributed by atoms with Gasteiger partial charge in [-0.1, -0.05) is 0 Å². The number of halogens is 2. The Labute approximate surface area is 119 Å². The summed E-state index contributed by atoms with van der Waals surface area (Å²) in [6.45, 7) is 3.20. The van der Waals surface area contributed by atoms with Crippen molar-refractivity contribution in [3.63, 3.8) is 0 Å². The van der Waals surface area contributed by atoms with Gasteiger partial charge in [0.15, 0.2) is 0 Å². The third kappa shape index (κ3) is 3.15. The van der Waals surface area contributed by atoms with E-state index in [0.717, 1.165) is 45.6 Å². The molecule has 0 aromatic rings. The molecule has 20 heavy (non-hydrogen) atoms. The number of nitrogens with one attached hydrogen (secondary N) is 1. The molecular formula is C15H25F2NO2. The quantitative estimate of drug-likeness (QED) is 0.866. The van der Waals surface area contributed by atoms with Crippen LogP contribution in [0.1, 0.15) is 44.9 Å². The average Bonchev–Trinajstić information content (AvgIpc) is 2.81. The van der Waals surface area contributed by atoms with Crippen LogP contribution >= 0.6 is 0 Å². The lowest BCUT2D eigenvalue weighted by molar-refractivity contribution is -0.0895. The second-order valence-corrected chi connectivity index (χ2v) is 6.57. The zero-order chi connectivity index (χ0) is 14.1. The van der Waals surface area contributed by atoms with Gasteiger partial charge in [0.2, 0.25) is 5.92 Å². The normalized spacial score (nSPS) is 33.6. The van der Waals surface area contributed by atoms with Crippen LogP contribution in [0.25, 0.3) is 0 Å². The number of rotatable bonds is 3. The third-order valence-electron chi connectivity index (χ3n) is 5.26. The molecule has 3 fully saturated rings. The van der Waals surface area contributed by atoms with E-state index in [9.17, 15) is 8.78 Å². The van der Waals surface area contributed by atoms with Crippen molar-refractivity contribution >= 4 is 0 Å². The van der Waals surface area contributed by atoms with E-state index in [0.29, 0.717) is 24.8 Å². The van der Waals surface area contributed by atoms with Crippen molar-refractivity contribution in [2.75, 3.05) is 26.4 Å². The summed E-state index contributed by atoms with van der Waals surface area (Å²) in [5.41, 5.74) is -0.0587. The first kappa shape index (κ1) is 14.7. The van der Waals surface area contributed by atoms with Gasteiger partial charge in [0.25, 0.3) is 0 Å². The summed E-state index contributed by atoms with van der Waals surface area (Å²) in [7, 11) is 0. The highest BCUT2D eigenvalue weighted by atomic mass is 19.3. The lowest BCUT2D eigenvalue weighted by Crippen LogP contribution is -2.52. The minimum Gasteiger partial charge on any atom is -0.381 e. The summed E-state index contributed by atoms with van der Waals surface area (Å²) >= 11 is 0. The zero-order valence-corrected chi connectivity index (χ0v) is 12.0. The van der Waals surface area contributed by atoms with E-state index in [1.807, 2.05) is 0 Å². The molecule has 1 atom stereocenters. The van der Waals surface area contributed by atoms with Crippen LogP contribution in [0.4, 0.5) is 8.78 Å². The van der Waals surface area contributed by atoms with E-state index < -0.39 is 5.92 Å². The van der Waals surface area contributed by atoms with Crippen molar-refractivity contribution in [1.29, 1.82) is 0 Å². The van der Waals surface area contributed by atoms with Gasteiger partial charge in [-0.2, -0.15) is 0 Å². The lowest BCUT2D eigenvalue weighted by Gasteiger charge is -2.39. The van der Waals surface area contributed by atoms with E-state index in [1.54, 1.807) is 0 Å². The Kier molecular flexibility index (Phi) is 4.29. The molecule has 1 saturated carbocycles. The highest BCUT2D eigenvalue weighted by molar-refractivity contribution is 4.99. The fourth-order valence-electron chi connectivity index (χ4n) is 3.85. The fourth-order valence-corrected chi connectivity index (χ4v) is 3.85. The van der Waals surface area contributed by atoms with Gasteiger partial charge in [-0.15, -0.1) is 0 Å². The Morgan fingerprint density at radius 3 is 2.35 bits per heavy atom. The van der Waals surface area contributed by atoms with E-state index >= 15 is 0 Å². The molecule has 1 aliphatic carbocycles. The molecule has 0 bridgehead atoms. The SMILES string of the molecule is FC1(F)CCC(CNC2CCOC23CCOCC3)CC1.